The van der Waals surface area contributed by atoms with Gasteiger partial charge in [-0.15, -0.1) is 0 Å². The summed E-state index contributed by atoms with van der Waals surface area (Å²) in [7, 11) is 0. The predicted molar refractivity (Wildman–Crippen MR) is 38.8 cm³/mol. The SMILES string of the molecule is C1=CC2C=CC1C2.[Br][Ir]. The van der Waals surface area contributed by atoms with E-state index in [1.807, 2.05) is 16.9 Å². The molecule has 2 aliphatic rings. The Bertz CT molecular complexity index is 112. The van der Waals surface area contributed by atoms with Crippen LogP contribution in [0.5, 0.6) is 0 Å². The molecule has 0 heterocycles. The van der Waals surface area contributed by atoms with Gasteiger partial charge in [-0.1, -0.05) is 24.3 Å². The molecule has 0 nitrogen and oxygen atoms in total. The Kier molecular flexibility index (Phi) is 3.17. The molecule has 2 heteroatoms. The van der Waals surface area contributed by atoms with Crippen molar-refractivity contribution in [3.63, 3.8) is 0 Å². The maximum absolute atomic E-state index is 2.94. The van der Waals surface area contributed by atoms with Crippen LogP contribution < -0.4 is 0 Å². The molecule has 0 radical (unpaired) electrons. The first-order chi connectivity index (χ1) is 4.45. The Morgan fingerprint density at radius 2 is 1.33 bits per heavy atom. The van der Waals surface area contributed by atoms with Gasteiger partial charge in [0.25, 0.3) is 0 Å². The van der Waals surface area contributed by atoms with Gasteiger partial charge < -0.3 is 0 Å². The first kappa shape index (κ1) is 7.71. The summed E-state index contributed by atoms with van der Waals surface area (Å²) in [6.45, 7) is 0. The second kappa shape index (κ2) is 3.70. The molecule has 0 fully saturated rings. The molecule has 0 spiro atoms. The van der Waals surface area contributed by atoms with Crippen molar-refractivity contribution in [3.8, 4) is 0 Å². The molecule has 0 aromatic heterocycles. The summed E-state index contributed by atoms with van der Waals surface area (Å²) in [5, 5.41) is 0. The van der Waals surface area contributed by atoms with Crippen molar-refractivity contribution in [1.29, 1.82) is 0 Å². The van der Waals surface area contributed by atoms with Crippen LogP contribution in [0.25, 0.3) is 0 Å². The topological polar surface area (TPSA) is 0 Å². The van der Waals surface area contributed by atoms with E-state index in [9.17, 15) is 0 Å². The predicted octanol–water partition coefficient (Wildman–Crippen LogP) is 2.59. The molecule has 0 aliphatic heterocycles. The van der Waals surface area contributed by atoms with Crippen molar-refractivity contribution in [3.05, 3.63) is 24.3 Å². The molecule has 2 bridgehead atoms. The van der Waals surface area contributed by atoms with Gasteiger partial charge in [-0.05, 0) is 18.3 Å². The van der Waals surface area contributed by atoms with Gasteiger partial charge >= 0.3 is 30.4 Å². The van der Waals surface area contributed by atoms with Gasteiger partial charge in [0, 0.05) is 0 Å². The van der Waals surface area contributed by atoms with Crippen molar-refractivity contribution in [2.75, 3.05) is 0 Å². The third-order valence-corrected chi connectivity index (χ3v) is 1.76. The maximum atomic E-state index is 2.94. The molecule has 2 aliphatic carbocycles. The van der Waals surface area contributed by atoms with E-state index in [1.165, 1.54) is 6.42 Å². The fourth-order valence-electron chi connectivity index (χ4n) is 1.33. The van der Waals surface area contributed by atoms with Crippen LogP contribution in [0.3, 0.4) is 0 Å². The fourth-order valence-corrected chi connectivity index (χ4v) is 1.33. The van der Waals surface area contributed by atoms with Crippen molar-refractivity contribution in [2.45, 2.75) is 6.42 Å². The second-order valence-corrected chi connectivity index (χ2v) is 2.33. The summed E-state index contributed by atoms with van der Waals surface area (Å²) in [5.74, 6) is 1.62. The second-order valence-electron chi connectivity index (χ2n) is 2.33. The number of fused-ring (bicyclic) bond motifs is 2. The van der Waals surface area contributed by atoms with Crippen molar-refractivity contribution >= 4 is 13.5 Å². The molecular formula is C7H8BrIr. The van der Waals surface area contributed by atoms with Gasteiger partial charge in [-0.25, -0.2) is 0 Å². The third-order valence-electron chi connectivity index (χ3n) is 1.76. The minimum atomic E-state index is 0.810. The molecule has 0 unspecified atom stereocenters. The van der Waals surface area contributed by atoms with Crippen molar-refractivity contribution < 1.29 is 16.9 Å². The number of hydrogen-bond acceptors (Lipinski definition) is 0. The molecule has 52 valence electrons. The van der Waals surface area contributed by atoms with Crippen LogP contribution in [0.1, 0.15) is 6.42 Å². The molecule has 0 amide bonds. The zero-order chi connectivity index (χ0) is 6.69. The van der Waals surface area contributed by atoms with E-state index in [1.54, 1.807) is 0 Å². The van der Waals surface area contributed by atoms with Gasteiger partial charge in [0.2, 0.25) is 0 Å². The van der Waals surface area contributed by atoms with Crippen LogP contribution in [-0.4, -0.2) is 0 Å². The number of hydrogen-bond donors (Lipinski definition) is 0. The Balaban J connectivity index is 0.000000186. The van der Waals surface area contributed by atoms with Crippen LogP contribution in [0.2, 0.25) is 0 Å². The van der Waals surface area contributed by atoms with Crippen LogP contribution in [0, 0.1) is 11.8 Å². The number of halogens is 1. The molecular weight excluding hydrogens is 356 g/mol. The van der Waals surface area contributed by atoms with E-state index in [-0.39, 0.29) is 0 Å². The summed E-state index contributed by atoms with van der Waals surface area (Å²) in [4.78, 5) is 0. The van der Waals surface area contributed by atoms with E-state index in [0.717, 1.165) is 11.8 Å². The first-order valence-electron chi connectivity index (χ1n) is 2.94. The van der Waals surface area contributed by atoms with Gasteiger partial charge in [0.1, 0.15) is 0 Å². The Hall–Kier alpha value is 0.609. The summed E-state index contributed by atoms with van der Waals surface area (Å²) in [5.41, 5.74) is 0. The molecule has 9 heavy (non-hydrogen) atoms. The third kappa shape index (κ3) is 1.76. The molecule has 0 aromatic carbocycles. The van der Waals surface area contributed by atoms with Crippen molar-refractivity contribution in [2.24, 2.45) is 11.8 Å². The average molecular weight is 364 g/mol. The van der Waals surface area contributed by atoms with Gasteiger partial charge in [0.15, 0.2) is 0 Å². The van der Waals surface area contributed by atoms with Gasteiger partial charge in [-0.3, -0.25) is 0 Å². The molecule has 0 atom stereocenters. The van der Waals surface area contributed by atoms with Crippen LogP contribution >= 0.6 is 13.5 Å². The van der Waals surface area contributed by atoms with E-state index in [0.29, 0.717) is 0 Å². The zero-order valence-corrected chi connectivity index (χ0v) is 8.86. The van der Waals surface area contributed by atoms with E-state index in [2.05, 4.69) is 37.8 Å². The quantitative estimate of drug-likeness (QED) is 0.580. The normalized spacial score (nSPS) is 34.6. The monoisotopic (exact) mass is 364 g/mol. The Morgan fingerprint density at radius 3 is 1.44 bits per heavy atom. The molecule has 2 rings (SSSR count). The van der Waals surface area contributed by atoms with Crippen LogP contribution in [0.15, 0.2) is 24.3 Å². The van der Waals surface area contributed by atoms with E-state index < -0.39 is 0 Å². The summed E-state index contributed by atoms with van der Waals surface area (Å²) >= 11 is 4.75. The van der Waals surface area contributed by atoms with Gasteiger partial charge in [0.05, 0.1) is 0 Å². The molecule has 0 saturated carbocycles. The summed E-state index contributed by atoms with van der Waals surface area (Å²) in [6, 6.07) is 0. The van der Waals surface area contributed by atoms with Crippen molar-refractivity contribution in [1.82, 2.24) is 0 Å². The molecule has 0 saturated heterocycles. The number of allylic oxidation sites excluding steroid dienone is 4. The number of rotatable bonds is 0. The zero-order valence-electron chi connectivity index (χ0n) is 4.88. The van der Waals surface area contributed by atoms with Gasteiger partial charge in [-0.2, -0.15) is 0 Å². The standard InChI is InChI=1S/C7H8.BrH.Ir/c1-2-7-4-3-6(1)5-7;;/h1-4,6-7H,5H2;1H;/q;;+1/p-1. The van der Waals surface area contributed by atoms with Crippen LogP contribution in [0.4, 0.5) is 0 Å². The van der Waals surface area contributed by atoms with E-state index in [4.69, 9.17) is 0 Å². The van der Waals surface area contributed by atoms with Crippen LogP contribution in [-0.2, 0) is 16.9 Å². The first-order valence-corrected chi connectivity index (χ1v) is 8.18. The summed E-state index contributed by atoms with van der Waals surface area (Å²) < 4.78 is 0. The van der Waals surface area contributed by atoms with E-state index >= 15 is 0 Å². The Labute approximate surface area is 72.8 Å². The average Bonchev–Trinajstić information content (AvgIpc) is 2.53. The minimum absolute atomic E-state index is 0.810. The summed E-state index contributed by atoms with van der Waals surface area (Å²) in [6.07, 6.45) is 10.5. The Morgan fingerprint density at radius 1 is 1.00 bits per heavy atom. The molecule has 0 aromatic rings. The molecule has 0 N–H and O–H groups in total. The fraction of sp³-hybridized carbons (Fsp3) is 0.429.